The highest BCUT2D eigenvalue weighted by molar-refractivity contribution is 7.10. The topological polar surface area (TPSA) is 75.9 Å². The monoisotopic (exact) mass is 329 g/mol. The van der Waals surface area contributed by atoms with E-state index in [1.807, 2.05) is 43.5 Å². The molecule has 1 atom stereocenters. The summed E-state index contributed by atoms with van der Waals surface area (Å²) in [7, 11) is 0. The number of anilines is 1. The van der Waals surface area contributed by atoms with Crippen molar-refractivity contribution >= 4 is 17.2 Å². The summed E-state index contributed by atoms with van der Waals surface area (Å²) in [5, 5.41) is 27.5. The average Bonchev–Trinajstić information content (AvgIpc) is 3.17. The number of aryl methyl sites for hydroxylation is 2. The highest BCUT2D eigenvalue weighted by Gasteiger charge is 2.13. The average molecular weight is 329 g/mol. The molecule has 0 saturated heterocycles. The third-order valence-electron chi connectivity index (χ3n) is 3.50. The summed E-state index contributed by atoms with van der Waals surface area (Å²) in [4.78, 5) is 1.17. The molecule has 2 N–H and O–H groups in total. The zero-order chi connectivity index (χ0) is 16.2. The second kappa shape index (κ2) is 6.89. The molecule has 0 amide bonds. The van der Waals surface area contributed by atoms with Gasteiger partial charge in [0, 0.05) is 17.2 Å². The molecule has 0 bridgehead atoms. The van der Waals surface area contributed by atoms with Gasteiger partial charge in [0.2, 0.25) is 0 Å². The van der Waals surface area contributed by atoms with Crippen molar-refractivity contribution in [2.45, 2.75) is 26.3 Å². The van der Waals surface area contributed by atoms with Crippen LogP contribution in [0.2, 0.25) is 0 Å². The van der Waals surface area contributed by atoms with Gasteiger partial charge in [-0.25, -0.2) is 4.68 Å². The van der Waals surface area contributed by atoms with Crippen molar-refractivity contribution in [3.05, 3.63) is 52.0 Å². The van der Waals surface area contributed by atoms with Gasteiger partial charge in [-0.1, -0.05) is 6.07 Å². The molecular weight excluding hydrogens is 310 g/mol. The van der Waals surface area contributed by atoms with E-state index in [4.69, 9.17) is 0 Å². The van der Waals surface area contributed by atoms with Gasteiger partial charge in [-0.3, -0.25) is 0 Å². The van der Waals surface area contributed by atoms with Gasteiger partial charge in [0.05, 0.1) is 11.7 Å². The van der Waals surface area contributed by atoms with Crippen molar-refractivity contribution in [1.82, 2.24) is 20.0 Å². The molecule has 0 aromatic carbocycles. The first-order valence-corrected chi connectivity index (χ1v) is 8.33. The molecule has 0 spiro atoms. The summed E-state index contributed by atoms with van der Waals surface area (Å²) in [6.07, 6.45) is 0.626. The van der Waals surface area contributed by atoms with Crippen LogP contribution in [0, 0.1) is 13.8 Å². The Bertz CT molecular complexity index is 751. The van der Waals surface area contributed by atoms with E-state index in [9.17, 15) is 5.11 Å². The van der Waals surface area contributed by atoms with Crippen LogP contribution >= 0.6 is 11.3 Å². The SMILES string of the molecule is Cc1cc(C)n(-c2ccc(NC(CCO)c3cccs3)nn2)n1. The fourth-order valence-corrected chi connectivity index (χ4v) is 3.27. The predicted octanol–water partition coefficient (Wildman–Crippen LogP) is 2.88. The first-order chi connectivity index (χ1) is 11.2. The third kappa shape index (κ3) is 3.57. The van der Waals surface area contributed by atoms with Crippen molar-refractivity contribution in [3.63, 3.8) is 0 Å². The second-order valence-electron chi connectivity index (χ2n) is 5.34. The van der Waals surface area contributed by atoms with Gasteiger partial charge in [0.1, 0.15) is 5.82 Å². The van der Waals surface area contributed by atoms with Crippen LogP contribution in [0.1, 0.15) is 28.7 Å². The van der Waals surface area contributed by atoms with Gasteiger partial charge in [0.25, 0.3) is 0 Å². The van der Waals surface area contributed by atoms with Gasteiger partial charge in [-0.05, 0) is 49.9 Å². The van der Waals surface area contributed by atoms with E-state index >= 15 is 0 Å². The van der Waals surface area contributed by atoms with Crippen LogP contribution in [-0.2, 0) is 0 Å². The van der Waals surface area contributed by atoms with E-state index in [-0.39, 0.29) is 12.6 Å². The van der Waals surface area contributed by atoms with Gasteiger partial charge < -0.3 is 10.4 Å². The van der Waals surface area contributed by atoms with E-state index in [2.05, 4.69) is 26.7 Å². The molecular formula is C16H19N5OS. The Kier molecular flexibility index (Phi) is 4.68. The number of nitrogens with one attached hydrogen (secondary N) is 1. The molecule has 3 rings (SSSR count). The van der Waals surface area contributed by atoms with Crippen molar-refractivity contribution in [1.29, 1.82) is 0 Å². The number of hydrogen-bond donors (Lipinski definition) is 2. The zero-order valence-electron chi connectivity index (χ0n) is 13.1. The Morgan fingerprint density at radius 1 is 1.26 bits per heavy atom. The summed E-state index contributed by atoms with van der Waals surface area (Å²) in [6.45, 7) is 4.06. The summed E-state index contributed by atoms with van der Waals surface area (Å²) in [6, 6.07) is 9.87. The Morgan fingerprint density at radius 2 is 2.13 bits per heavy atom. The molecule has 0 radical (unpaired) electrons. The zero-order valence-corrected chi connectivity index (χ0v) is 13.9. The minimum atomic E-state index is 0.0360. The molecule has 23 heavy (non-hydrogen) atoms. The molecule has 7 heteroatoms. The summed E-state index contributed by atoms with van der Waals surface area (Å²) in [5.74, 6) is 1.37. The highest BCUT2D eigenvalue weighted by Crippen LogP contribution is 2.25. The predicted molar refractivity (Wildman–Crippen MR) is 91.0 cm³/mol. The van der Waals surface area contributed by atoms with Crippen molar-refractivity contribution in [3.8, 4) is 5.82 Å². The van der Waals surface area contributed by atoms with E-state index in [0.29, 0.717) is 18.1 Å². The second-order valence-corrected chi connectivity index (χ2v) is 6.32. The van der Waals surface area contributed by atoms with E-state index < -0.39 is 0 Å². The van der Waals surface area contributed by atoms with E-state index in [0.717, 1.165) is 11.4 Å². The van der Waals surface area contributed by atoms with Crippen molar-refractivity contribution in [2.24, 2.45) is 0 Å². The van der Waals surface area contributed by atoms with Crippen LogP contribution in [-0.4, -0.2) is 31.7 Å². The summed E-state index contributed by atoms with van der Waals surface area (Å²) >= 11 is 1.66. The van der Waals surface area contributed by atoms with Crippen LogP contribution in [0.15, 0.2) is 35.7 Å². The molecule has 0 saturated carbocycles. The van der Waals surface area contributed by atoms with Gasteiger partial charge >= 0.3 is 0 Å². The van der Waals surface area contributed by atoms with Gasteiger partial charge in [-0.15, -0.1) is 21.5 Å². The van der Waals surface area contributed by atoms with Crippen LogP contribution < -0.4 is 5.32 Å². The lowest BCUT2D eigenvalue weighted by Gasteiger charge is -2.16. The minimum Gasteiger partial charge on any atom is -0.396 e. The largest absolute Gasteiger partial charge is 0.396 e. The first-order valence-electron chi connectivity index (χ1n) is 7.45. The van der Waals surface area contributed by atoms with E-state index in [1.54, 1.807) is 16.0 Å². The number of aliphatic hydroxyl groups is 1. The molecule has 120 valence electrons. The first kappa shape index (κ1) is 15.6. The molecule has 0 aliphatic heterocycles. The Balaban J connectivity index is 1.77. The van der Waals surface area contributed by atoms with Crippen molar-refractivity contribution in [2.75, 3.05) is 11.9 Å². The smallest absolute Gasteiger partial charge is 0.176 e. The Hall–Kier alpha value is -2.25. The van der Waals surface area contributed by atoms with E-state index in [1.165, 1.54) is 4.88 Å². The minimum absolute atomic E-state index is 0.0360. The fraction of sp³-hybridized carbons (Fsp3) is 0.312. The maximum atomic E-state index is 9.26. The van der Waals surface area contributed by atoms with Crippen LogP contribution in [0.4, 0.5) is 5.82 Å². The number of aliphatic hydroxyl groups excluding tert-OH is 1. The summed E-state index contributed by atoms with van der Waals surface area (Å²) < 4.78 is 1.77. The normalized spacial score (nSPS) is 12.3. The highest BCUT2D eigenvalue weighted by atomic mass is 32.1. The van der Waals surface area contributed by atoms with Gasteiger partial charge in [0.15, 0.2) is 5.82 Å². The number of rotatable bonds is 6. The van der Waals surface area contributed by atoms with Crippen LogP contribution in [0.25, 0.3) is 5.82 Å². The van der Waals surface area contributed by atoms with Crippen LogP contribution in [0.3, 0.4) is 0 Å². The maximum absolute atomic E-state index is 9.26. The van der Waals surface area contributed by atoms with Crippen molar-refractivity contribution < 1.29 is 5.11 Å². The molecule has 6 nitrogen and oxygen atoms in total. The maximum Gasteiger partial charge on any atom is 0.176 e. The standard InChI is InChI=1S/C16H19N5OS/c1-11-10-12(2)21(20-11)16-6-5-15(18-19-16)17-13(7-8-22)14-4-3-9-23-14/h3-6,9-10,13,22H,7-8H2,1-2H3,(H,17,18). The molecule has 3 aromatic rings. The lowest BCUT2D eigenvalue weighted by atomic mass is 10.2. The number of thiophene rings is 1. The van der Waals surface area contributed by atoms with Gasteiger partial charge in [-0.2, -0.15) is 5.10 Å². The number of aromatic nitrogens is 4. The molecule has 3 aromatic heterocycles. The quantitative estimate of drug-likeness (QED) is 0.727. The Morgan fingerprint density at radius 3 is 2.70 bits per heavy atom. The summed E-state index contributed by atoms with van der Waals surface area (Å²) in [5.41, 5.74) is 1.97. The Labute approximate surface area is 138 Å². The molecule has 0 fully saturated rings. The third-order valence-corrected chi connectivity index (χ3v) is 4.49. The molecule has 0 aliphatic carbocycles. The molecule has 1 unspecified atom stereocenters. The fourth-order valence-electron chi connectivity index (χ4n) is 2.46. The molecule has 0 aliphatic rings. The lowest BCUT2D eigenvalue weighted by Crippen LogP contribution is -2.13. The van der Waals surface area contributed by atoms with Crippen LogP contribution in [0.5, 0.6) is 0 Å². The number of hydrogen-bond acceptors (Lipinski definition) is 6. The molecule has 3 heterocycles. The number of nitrogens with zero attached hydrogens (tertiary/aromatic N) is 4. The lowest BCUT2D eigenvalue weighted by molar-refractivity contribution is 0.280.